The first kappa shape index (κ1) is 10.5. The van der Waals surface area contributed by atoms with Crippen LogP contribution in [0, 0.1) is 11.8 Å². The van der Waals surface area contributed by atoms with Gasteiger partial charge in [-0.1, -0.05) is 0 Å². The first-order chi connectivity index (χ1) is 6.26. The molecular formula is C10H19NO2. The molecule has 0 aromatic rings. The highest BCUT2D eigenvalue weighted by Crippen LogP contribution is 2.30. The lowest BCUT2D eigenvalue weighted by Gasteiger charge is -2.26. The van der Waals surface area contributed by atoms with Crippen LogP contribution in [0.3, 0.4) is 0 Å². The molecule has 3 nitrogen and oxygen atoms in total. The lowest BCUT2D eigenvalue weighted by Crippen LogP contribution is -2.23. The van der Waals surface area contributed by atoms with Crippen LogP contribution in [0.15, 0.2) is 0 Å². The van der Waals surface area contributed by atoms with Crippen LogP contribution in [-0.2, 0) is 9.53 Å². The predicted molar refractivity (Wildman–Crippen MR) is 51.1 cm³/mol. The highest BCUT2D eigenvalue weighted by Gasteiger charge is 2.22. The number of esters is 1. The Labute approximate surface area is 79.6 Å². The average molecular weight is 185 g/mol. The number of nitrogens with two attached hydrogens (primary N) is 1. The van der Waals surface area contributed by atoms with E-state index in [2.05, 4.69) is 4.74 Å². The normalized spacial score (nSPS) is 28.5. The van der Waals surface area contributed by atoms with Gasteiger partial charge in [-0.25, -0.2) is 0 Å². The van der Waals surface area contributed by atoms with Gasteiger partial charge in [0.25, 0.3) is 0 Å². The molecule has 0 aromatic heterocycles. The molecule has 0 bridgehead atoms. The molecule has 0 aromatic carbocycles. The van der Waals surface area contributed by atoms with Gasteiger partial charge >= 0.3 is 5.97 Å². The maximum atomic E-state index is 11.0. The predicted octanol–water partition coefficient (Wildman–Crippen LogP) is 1.31. The SMILES string of the molecule is COC(=O)C[C@H]1CC[C@@H](CN)CC1. The Kier molecular flexibility index (Phi) is 4.22. The molecule has 0 aliphatic heterocycles. The minimum atomic E-state index is -0.0730. The zero-order valence-corrected chi connectivity index (χ0v) is 8.29. The first-order valence-corrected chi connectivity index (χ1v) is 5.03. The van der Waals surface area contributed by atoms with Crippen LogP contribution in [0.1, 0.15) is 32.1 Å². The van der Waals surface area contributed by atoms with Gasteiger partial charge in [0.05, 0.1) is 7.11 Å². The molecule has 3 heteroatoms. The summed E-state index contributed by atoms with van der Waals surface area (Å²) in [5, 5.41) is 0. The van der Waals surface area contributed by atoms with Crippen molar-refractivity contribution in [2.75, 3.05) is 13.7 Å². The van der Waals surface area contributed by atoms with Crippen LogP contribution in [-0.4, -0.2) is 19.6 Å². The van der Waals surface area contributed by atoms with Crippen molar-refractivity contribution in [3.63, 3.8) is 0 Å². The maximum absolute atomic E-state index is 11.0. The van der Waals surface area contributed by atoms with Crippen molar-refractivity contribution in [3.8, 4) is 0 Å². The van der Waals surface area contributed by atoms with Gasteiger partial charge < -0.3 is 10.5 Å². The first-order valence-electron chi connectivity index (χ1n) is 5.03. The second-order valence-corrected chi connectivity index (χ2v) is 3.90. The molecule has 2 N–H and O–H groups in total. The summed E-state index contributed by atoms with van der Waals surface area (Å²) in [4.78, 5) is 11.0. The molecular weight excluding hydrogens is 166 g/mol. The van der Waals surface area contributed by atoms with Crippen molar-refractivity contribution in [1.82, 2.24) is 0 Å². The third-order valence-electron chi connectivity index (χ3n) is 2.98. The lowest BCUT2D eigenvalue weighted by atomic mass is 9.81. The van der Waals surface area contributed by atoms with E-state index in [0.717, 1.165) is 19.4 Å². The van der Waals surface area contributed by atoms with Gasteiger partial charge in [-0.05, 0) is 44.1 Å². The fraction of sp³-hybridized carbons (Fsp3) is 0.900. The van der Waals surface area contributed by atoms with Crippen molar-refractivity contribution in [2.24, 2.45) is 17.6 Å². The van der Waals surface area contributed by atoms with Gasteiger partial charge in [-0.2, -0.15) is 0 Å². The van der Waals surface area contributed by atoms with Crippen molar-refractivity contribution in [3.05, 3.63) is 0 Å². The molecule has 0 spiro atoms. The quantitative estimate of drug-likeness (QED) is 0.674. The number of methoxy groups -OCH3 is 1. The number of ether oxygens (including phenoxy) is 1. The van der Waals surface area contributed by atoms with Crippen LogP contribution >= 0.6 is 0 Å². The number of rotatable bonds is 3. The summed E-state index contributed by atoms with van der Waals surface area (Å²) >= 11 is 0. The number of hydrogen-bond acceptors (Lipinski definition) is 3. The highest BCUT2D eigenvalue weighted by molar-refractivity contribution is 5.69. The van der Waals surface area contributed by atoms with Crippen LogP contribution in [0.4, 0.5) is 0 Å². The minimum absolute atomic E-state index is 0.0730. The molecule has 13 heavy (non-hydrogen) atoms. The molecule has 0 amide bonds. The second-order valence-electron chi connectivity index (χ2n) is 3.90. The van der Waals surface area contributed by atoms with Crippen LogP contribution in [0.5, 0.6) is 0 Å². The molecule has 1 fully saturated rings. The molecule has 0 radical (unpaired) electrons. The molecule has 1 saturated carbocycles. The average Bonchev–Trinajstić information content (AvgIpc) is 2.19. The fourth-order valence-corrected chi connectivity index (χ4v) is 1.99. The lowest BCUT2D eigenvalue weighted by molar-refractivity contribution is -0.142. The van der Waals surface area contributed by atoms with E-state index in [-0.39, 0.29) is 5.97 Å². The standard InChI is InChI=1S/C10H19NO2/c1-13-10(12)6-8-2-4-9(7-11)5-3-8/h8-9H,2-7,11H2,1H3/t8-,9+. The molecule has 0 heterocycles. The minimum Gasteiger partial charge on any atom is -0.469 e. The van der Waals surface area contributed by atoms with Gasteiger partial charge in [0.2, 0.25) is 0 Å². The van der Waals surface area contributed by atoms with Crippen molar-refractivity contribution in [2.45, 2.75) is 32.1 Å². The number of carbonyl (C=O) groups is 1. The Morgan fingerprint density at radius 2 is 1.85 bits per heavy atom. The third-order valence-corrected chi connectivity index (χ3v) is 2.98. The number of hydrogen-bond donors (Lipinski definition) is 1. The fourth-order valence-electron chi connectivity index (χ4n) is 1.99. The Hall–Kier alpha value is -0.570. The van der Waals surface area contributed by atoms with Gasteiger partial charge in [0, 0.05) is 6.42 Å². The van der Waals surface area contributed by atoms with E-state index in [1.807, 2.05) is 0 Å². The zero-order valence-electron chi connectivity index (χ0n) is 8.29. The summed E-state index contributed by atoms with van der Waals surface area (Å²) in [5.41, 5.74) is 5.58. The Balaban J connectivity index is 2.21. The van der Waals surface area contributed by atoms with E-state index in [0.29, 0.717) is 18.3 Å². The van der Waals surface area contributed by atoms with Gasteiger partial charge in [0.15, 0.2) is 0 Å². The second kappa shape index (κ2) is 5.22. The molecule has 1 aliphatic carbocycles. The zero-order chi connectivity index (χ0) is 9.68. The molecule has 1 aliphatic rings. The smallest absolute Gasteiger partial charge is 0.305 e. The van der Waals surface area contributed by atoms with Crippen molar-refractivity contribution in [1.29, 1.82) is 0 Å². The highest BCUT2D eigenvalue weighted by atomic mass is 16.5. The van der Waals surface area contributed by atoms with Gasteiger partial charge in [0.1, 0.15) is 0 Å². The molecule has 0 saturated heterocycles. The summed E-state index contributed by atoms with van der Waals surface area (Å²) < 4.78 is 4.64. The van der Waals surface area contributed by atoms with E-state index in [1.165, 1.54) is 20.0 Å². The molecule has 0 atom stereocenters. The van der Waals surface area contributed by atoms with Crippen molar-refractivity contribution >= 4 is 5.97 Å². The Morgan fingerprint density at radius 1 is 1.31 bits per heavy atom. The Morgan fingerprint density at radius 3 is 2.31 bits per heavy atom. The van der Waals surface area contributed by atoms with Crippen LogP contribution < -0.4 is 5.73 Å². The van der Waals surface area contributed by atoms with E-state index in [9.17, 15) is 4.79 Å². The molecule has 76 valence electrons. The van der Waals surface area contributed by atoms with Gasteiger partial charge in [-0.3, -0.25) is 4.79 Å². The van der Waals surface area contributed by atoms with Crippen LogP contribution in [0.25, 0.3) is 0 Å². The summed E-state index contributed by atoms with van der Waals surface area (Å²) in [6, 6.07) is 0. The van der Waals surface area contributed by atoms with E-state index >= 15 is 0 Å². The number of carbonyl (C=O) groups excluding carboxylic acids is 1. The summed E-state index contributed by atoms with van der Waals surface area (Å²) in [7, 11) is 1.45. The summed E-state index contributed by atoms with van der Waals surface area (Å²) in [6.45, 7) is 0.797. The summed E-state index contributed by atoms with van der Waals surface area (Å²) in [6.07, 6.45) is 5.22. The topological polar surface area (TPSA) is 52.3 Å². The van der Waals surface area contributed by atoms with Gasteiger partial charge in [-0.15, -0.1) is 0 Å². The summed E-state index contributed by atoms with van der Waals surface area (Å²) in [5.74, 6) is 1.15. The Bertz CT molecular complexity index is 162. The third kappa shape index (κ3) is 3.35. The van der Waals surface area contributed by atoms with Crippen molar-refractivity contribution < 1.29 is 9.53 Å². The van der Waals surface area contributed by atoms with E-state index in [4.69, 9.17) is 5.73 Å². The van der Waals surface area contributed by atoms with E-state index < -0.39 is 0 Å². The molecule has 1 rings (SSSR count). The monoisotopic (exact) mass is 185 g/mol. The van der Waals surface area contributed by atoms with E-state index in [1.54, 1.807) is 0 Å². The molecule has 0 unspecified atom stereocenters. The maximum Gasteiger partial charge on any atom is 0.305 e. The largest absolute Gasteiger partial charge is 0.469 e. The van der Waals surface area contributed by atoms with Crippen LogP contribution in [0.2, 0.25) is 0 Å².